The molecule has 0 spiro atoms. The maximum Gasteiger partial charge on any atom is 0.125 e. The highest BCUT2D eigenvalue weighted by molar-refractivity contribution is 5.52. The van der Waals surface area contributed by atoms with Crippen molar-refractivity contribution in [2.75, 3.05) is 0 Å². The molecule has 1 aliphatic heterocycles. The standard InChI is InChI=1S/C23H20O/c1-3-9-18(10-4-1)15-16-20-17-23(19-11-5-2-6-12-19)24-22-14-8-7-13-21(20)22/h1-16,20,23H,17H2/b16-15+/t20-,23-/m0/s1. The van der Waals surface area contributed by atoms with Crippen LogP contribution in [0.25, 0.3) is 6.08 Å². The first kappa shape index (κ1) is 14.8. The van der Waals surface area contributed by atoms with Crippen LogP contribution < -0.4 is 4.74 Å². The Balaban J connectivity index is 1.66. The van der Waals surface area contributed by atoms with Crippen molar-refractivity contribution in [3.8, 4) is 5.75 Å². The average molecular weight is 312 g/mol. The minimum absolute atomic E-state index is 0.103. The molecule has 0 saturated carbocycles. The Labute approximate surface area is 143 Å². The second-order valence-corrected chi connectivity index (χ2v) is 6.17. The van der Waals surface area contributed by atoms with Crippen LogP contribution in [0.5, 0.6) is 5.75 Å². The molecule has 0 bridgehead atoms. The van der Waals surface area contributed by atoms with Crippen molar-refractivity contribution in [1.82, 2.24) is 0 Å². The van der Waals surface area contributed by atoms with Crippen molar-refractivity contribution in [2.24, 2.45) is 0 Å². The third-order valence-corrected chi connectivity index (χ3v) is 4.55. The molecule has 0 saturated heterocycles. The molecule has 0 radical (unpaired) electrons. The molecular formula is C23H20O. The van der Waals surface area contributed by atoms with Gasteiger partial charge in [-0.15, -0.1) is 0 Å². The Morgan fingerprint density at radius 1 is 0.750 bits per heavy atom. The number of benzene rings is 3. The van der Waals surface area contributed by atoms with E-state index in [0.29, 0.717) is 5.92 Å². The lowest BCUT2D eigenvalue weighted by atomic mass is 9.87. The van der Waals surface area contributed by atoms with Crippen LogP contribution >= 0.6 is 0 Å². The molecule has 0 N–H and O–H groups in total. The molecule has 3 aromatic rings. The zero-order valence-electron chi connectivity index (χ0n) is 13.5. The lowest BCUT2D eigenvalue weighted by molar-refractivity contribution is 0.169. The second kappa shape index (κ2) is 6.76. The number of fused-ring (bicyclic) bond motifs is 1. The summed E-state index contributed by atoms with van der Waals surface area (Å²) in [4.78, 5) is 0. The minimum atomic E-state index is 0.103. The first-order chi connectivity index (χ1) is 11.9. The van der Waals surface area contributed by atoms with Gasteiger partial charge in [0, 0.05) is 11.5 Å². The zero-order valence-corrected chi connectivity index (χ0v) is 13.5. The molecule has 2 atom stereocenters. The number of rotatable bonds is 3. The van der Waals surface area contributed by atoms with Crippen LogP contribution in [0, 0.1) is 0 Å². The van der Waals surface area contributed by atoms with Crippen LogP contribution in [0.4, 0.5) is 0 Å². The monoisotopic (exact) mass is 312 g/mol. The number of hydrogen-bond donors (Lipinski definition) is 0. The molecule has 0 fully saturated rings. The lowest BCUT2D eigenvalue weighted by Gasteiger charge is -2.31. The molecule has 4 rings (SSSR count). The van der Waals surface area contributed by atoms with Crippen LogP contribution in [-0.2, 0) is 0 Å². The second-order valence-electron chi connectivity index (χ2n) is 6.17. The summed E-state index contributed by atoms with van der Waals surface area (Å²) in [6.45, 7) is 0. The van der Waals surface area contributed by atoms with Gasteiger partial charge in [-0.05, 0) is 23.6 Å². The van der Waals surface area contributed by atoms with Gasteiger partial charge in [-0.1, -0.05) is 91.0 Å². The fourth-order valence-corrected chi connectivity index (χ4v) is 3.30. The summed E-state index contributed by atoms with van der Waals surface area (Å²) in [6, 6.07) is 29.4. The van der Waals surface area contributed by atoms with Crippen molar-refractivity contribution in [1.29, 1.82) is 0 Å². The van der Waals surface area contributed by atoms with E-state index in [2.05, 4.69) is 78.9 Å². The summed E-state index contributed by atoms with van der Waals surface area (Å²) in [6.07, 6.45) is 5.60. The molecule has 0 aromatic heterocycles. The summed E-state index contributed by atoms with van der Waals surface area (Å²) < 4.78 is 6.27. The summed E-state index contributed by atoms with van der Waals surface area (Å²) in [5, 5.41) is 0. The van der Waals surface area contributed by atoms with Gasteiger partial charge in [0.1, 0.15) is 11.9 Å². The van der Waals surface area contributed by atoms with Crippen LogP contribution in [0.3, 0.4) is 0 Å². The Morgan fingerprint density at radius 2 is 1.42 bits per heavy atom. The highest BCUT2D eigenvalue weighted by Crippen LogP contribution is 2.42. The van der Waals surface area contributed by atoms with E-state index in [1.54, 1.807) is 0 Å². The van der Waals surface area contributed by atoms with Gasteiger partial charge in [0.2, 0.25) is 0 Å². The zero-order chi connectivity index (χ0) is 16.2. The average Bonchev–Trinajstić information content (AvgIpc) is 2.67. The van der Waals surface area contributed by atoms with Crippen LogP contribution in [0.2, 0.25) is 0 Å². The van der Waals surface area contributed by atoms with Crippen molar-refractivity contribution in [3.05, 3.63) is 108 Å². The van der Waals surface area contributed by atoms with E-state index in [-0.39, 0.29) is 6.10 Å². The van der Waals surface area contributed by atoms with Gasteiger partial charge >= 0.3 is 0 Å². The van der Waals surface area contributed by atoms with Gasteiger partial charge in [-0.25, -0.2) is 0 Å². The van der Waals surface area contributed by atoms with Crippen molar-refractivity contribution < 1.29 is 4.74 Å². The lowest BCUT2D eigenvalue weighted by Crippen LogP contribution is -2.18. The molecule has 1 heterocycles. The molecule has 1 heteroatoms. The maximum atomic E-state index is 6.27. The Morgan fingerprint density at radius 3 is 2.21 bits per heavy atom. The van der Waals surface area contributed by atoms with E-state index in [1.807, 2.05) is 18.2 Å². The number of allylic oxidation sites excluding steroid dienone is 1. The largest absolute Gasteiger partial charge is 0.485 e. The van der Waals surface area contributed by atoms with Crippen molar-refractivity contribution >= 4 is 6.08 Å². The van der Waals surface area contributed by atoms with Gasteiger partial charge in [0.05, 0.1) is 0 Å². The van der Waals surface area contributed by atoms with E-state index in [4.69, 9.17) is 4.74 Å². The highest BCUT2D eigenvalue weighted by Gasteiger charge is 2.27. The van der Waals surface area contributed by atoms with Crippen molar-refractivity contribution in [2.45, 2.75) is 18.4 Å². The van der Waals surface area contributed by atoms with E-state index in [9.17, 15) is 0 Å². The third-order valence-electron chi connectivity index (χ3n) is 4.55. The normalized spacial score (nSPS) is 19.7. The number of hydrogen-bond acceptors (Lipinski definition) is 1. The molecule has 0 unspecified atom stereocenters. The van der Waals surface area contributed by atoms with Gasteiger partial charge in [-0.3, -0.25) is 0 Å². The van der Waals surface area contributed by atoms with Crippen molar-refractivity contribution in [3.63, 3.8) is 0 Å². The molecule has 24 heavy (non-hydrogen) atoms. The molecule has 0 amide bonds. The third kappa shape index (κ3) is 3.11. The molecular weight excluding hydrogens is 292 g/mol. The van der Waals surface area contributed by atoms with Crippen LogP contribution in [-0.4, -0.2) is 0 Å². The predicted molar refractivity (Wildman–Crippen MR) is 99.1 cm³/mol. The Bertz CT molecular complexity index is 821. The number of ether oxygens (including phenoxy) is 1. The van der Waals surface area contributed by atoms with E-state index in [0.717, 1.165) is 12.2 Å². The van der Waals surface area contributed by atoms with E-state index in [1.165, 1.54) is 16.7 Å². The van der Waals surface area contributed by atoms with Crippen LogP contribution in [0.15, 0.2) is 91.0 Å². The SMILES string of the molecule is C(=C\[C@H]1C[C@@H](c2ccccc2)Oc2ccccc21)/c1ccccc1. The maximum absolute atomic E-state index is 6.27. The van der Waals surface area contributed by atoms with Gasteiger partial charge < -0.3 is 4.74 Å². The topological polar surface area (TPSA) is 9.23 Å². The van der Waals surface area contributed by atoms with E-state index >= 15 is 0 Å². The minimum Gasteiger partial charge on any atom is -0.485 e. The summed E-state index contributed by atoms with van der Waals surface area (Å²) in [5.74, 6) is 1.36. The highest BCUT2D eigenvalue weighted by atomic mass is 16.5. The molecule has 1 nitrogen and oxygen atoms in total. The van der Waals surface area contributed by atoms with Gasteiger partial charge in [0.15, 0.2) is 0 Å². The first-order valence-corrected chi connectivity index (χ1v) is 8.44. The quantitative estimate of drug-likeness (QED) is 0.575. The fourth-order valence-electron chi connectivity index (χ4n) is 3.30. The molecule has 1 aliphatic rings. The summed E-state index contributed by atoms with van der Waals surface area (Å²) >= 11 is 0. The van der Waals surface area contributed by atoms with Gasteiger partial charge in [0.25, 0.3) is 0 Å². The molecule has 118 valence electrons. The number of para-hydroxylation sites is 1. The fraction of sp³-hybridized carbons (Fsp3) is 0.130. The Kier molecular flexibility index (Phi) is 4.16. The van der Waals surface area contributed by atoms with E-state index < -0.39 is 0 Å². The summed E-state index contributed by atoms with van der Waals surface area (Å²) in [5.41, 5.74) is 3.75. The molecule has 0 aliphatic carbocycles. The predicted octanol–water partition coefficient (Wildman–Crippen LogP) is 6.01. The Hall–Kier alpha value is -2.80. The van der Waals surface area contributed by atoms with Crippen LogP contribution in [0.1, 0.15) is 35.1 Å². The van der Waals surface area contributed by atoms with Gasteiger partial charge in [-0.2, -0.15) is 0 Å². The summed E-state index contributed by atoms with van der Waals surface area (Å²) in [7, 11) is 0. The first-order valence-electron chi connectivity index (χ1n) is 8.44. The smallest absolute Gasteiger partial charge is 0.125 e. The molecule has 3 aromatic carbocycles.